The van der Waals surface area contributed by atoms with E-state index in [2.05, 4.69) is 39.9 Å². The van der Waals surface area contributed by atoms with Crippen molar-refractivity contribution in [3.63, 3.8) is 0 Å². The van der Waals surface area contributed by atoms with Crippen LogP contribution in [0.25, 0.3) is 0 Å². The maximum absolute atomic E-state index is 12.4. The molecule has 1 heterocycles. The molecule has 176 valence electrons. The number of thioether (sulfide) groups is 1. The quantitative estimate of drug-likeness (QED) is 0.526. The minimum absolute atomic E-state index is 0.0345. The first-order valence-corrected chi connectivity index (χ1v) is 13.1. The van der Waals surface area contributed by atoms with Crippen LogP contribution in [0.15, 0.2) is 59.5 Å². The summed E-state index contributed by atoms with van der Waals surface area (Å²) in [5.74, 6) is 0.443. The largest absolute Gasteiger partial charge is 0.349 e. The van der Waals surface area contributed by atoms with Crippen LogP contribution in [0.3, 0.4) is 0 Å². The van der Waals surface area contributed by atoms with E-state index in [4.69, 9.17) is 0 Å². The van der Waals surface area contributed by atoms with E-state index in [1.165, 1.54) is 10.5 Å². The monoisotopic (exact) mass is 466 g/mol. The molecule has 1 aliphatic carbocycles. The van der Waals surface area contributed by atoms with Gasteiger partial charge in [0.1, 0.15) is 0 Å². The van der Waals surface area contributed by atoms with E-state index in [1.54, 1.807) is 11.8 Å². The van der Waals surface area contributed by atoms with Gasteiger partial charge in [-0.05, 0) is 48.8 Å². The van der Waals surface area contributed by atoms with Crippen molar-refractivity contribution in [3.05, 3.63) is 65.7 Å². The summed E-state index contributed by atoms with van der Waals surface area (Å²) in [5, 5.41) is 5.29. The lowest BCUT2D eigenvalue weighted by molar-refractivity contribution is -0.126. The third kappa shape index (κ3) is 7.32. The number of amides is 2. The summed E-state index contributed by atoms with van der Waals surface area (Å²) in [6.45, 7) is 4.35. The predicted octanol–water partition coefficient (Wildman–Crippen LogP) is 3.26. The molecule has 2 amide bonds. The third-order valence-electron chi connectivity index (χ3n) is 6.38. The number of hydrazine groups is 1. The van der Waals surface area contributed by atoms with Gasteiger partial charge in [0.15, 0.2) is 0 Å². The molecule has 2 aliphatic rings. The van der Waals surface area contributed by atoms with Gasteiger partial charge >= 0.3 is 0 Å². The Labute approximate surface area is 201 Å². The van der Waals surface area contributed by atoms with Crippen LogP contribution in [0.4, 0.5) is 0 Å². The maximum atomic E-state index is 12.4. The van der Waals surface area contributed by atoms with Crippen LogP contribution in [0.1, 0.15) is 36.4 Å². The van der Waals surface area contributed by atoms with Crippen LogP contribution in [0, 0.1) is 5.92 Å². The molecule has 4 rings (SSSR count). The lowest BCUT2D eigenvalue weighted by Crippen LogP contribution is -2.54. The SMILES string of the molecule is CSc1ccc(CC(=O)NN2CCN(CCC(NC(=O)C3CC3)c3ccccc3)CC2)cc1. The maximum Gasteiger partial charge on any atom is 0.238 e. The van der Waals surface area contributed by atoms with Crippen molar-refractivity contribution >= 4 is 23.6 Å². The highest BCUT2D eigenvalue weighted by Gasteiger charge is 2.31. The van der Waals surface area contributed by atoms with Crippen molar-refractivity contribution in [1.29, 1.82) is 0 Å². The number of nitrogens with zero attached hydrogens (tertiary/aromatic N) is 2. The Kier molecular flexibility index (Phi) is 8.42. The van der Waals surface area contributed by atoms with Crippen molar-refractivity contribution in [2.45, 2.75) is 36.6 Å². The summed E-state index contributed by atoms with van der Waals surface area (Å²) in [4.78, 5) is 28.4. The Morgan fingerprint density at radius 1 is 1.00 bits per heavy atom. The van der Waals surface area contributed by atoms with Crippen molar-refractivity contribution < 1.29 is 9.59 Å². The van der Waals surface area contributed by atoms with Gasteiger partial charge in [-0.2, -0.15) is 0 Å². The normalized spacial score (nSPS) is 18.0. The van der Waals surface area contributed by atoms with Gasteiger partial charge in [0.05, 0.1) is 12.5 Å². The van der Waals surface area contributed by atoms with Gasteiger partial charge in [-0.1, -0.05) is 42.5 Å². The second-order valence-electron chi connectivity index (χ2n) is 8.92. The average molecular weight is 467 g/mol. The predicted molar refractivity (Wildman–Crippen MR) is 133 cm³/mol. The van der Waals surface area contributed by atoms with Gasteiger partial charge in [-0.3, -0.25) is 15.0 Å². The minimum Gasteiger partial charge on any atom is -0.349 e. The van der Waals surface area contributed by atoms with E-state index in [1.807, 2.05) is 41.6 Å². The number of rotatable bonds is 10. The summed E-state index contributed by atoms with van der Waals surface area (Å²) in [6.07, 6.45) is 5.37. The fourth-order valence-corrected chi connectivity index (χ4v) is 4.59. The summed E-state index contributed by atoms with van der Waals surface area (Å²) >= 11 is 1.70. The Balaban J connectivity index is 1.20. The molecule has 6 nitrogen and oxygen atoms in total. The second kappa shape index (κ2) is 11.7. The molecule has 7 heteroatoms. The van der Waals surface area contributed by atoms with E-state index in [0.717, 1.165) is 57.5 Å². The fraction of sp³-hybridized carbons (Fsp3) is 0.462. The second-order valence-corrected chi connectivity index (χ2v) is 9.80. The molecule has 2 N–H and O–H groups in total. The van der Waals surface area contributed by atoms with Gasteiger partial charge in [-0.15, -0.1) is 11.8 Å². The minimum atomic E-state index is 0.0345. The first-order valence-electron chi connectivity index (χ1n) is 11.9. The Hall–Kier alpha value is -2.35. The van der Waals surface area contributed by atoms with Crippen molar-refractivity contribution in [3.8, 4) is 0 Å². The van der Waals surface area contributed by atoms with Gasteiger partial charge in [0.25, 0.3) is 0 Å². The molecule has 1 aliphatic heterocycles. The number of hydrogen-bond donors (Lipinski definition) is 2. The number of carbonyl (C=O) groups is 2. The Morgan fingerprint density at radius 2 is 1.70 bits per heavy atom. The van der Waals surface area contributed by atoms with E-state index in [0.29, 0.717) is 6.42 Å². The zero-order chi connectivity index (χ0) is 23.0. The molecule has 0 bridgehead atoms. The molecular weight excluding hydrogens is 432 g/mol. The molecule has 33 heavy (non-hydrogen) atoms. The number of hydrogen-bond acceptors (Lipinski definition) is 5. The summed E-state index contributed by atoms with van der Waals surface area (Å²) in [6, 6.07) is 18.5. The lowest BCUT2D eigenvalue weighted by atomic mass is 10.0. The molecule has 2 aromatic carbocycles. The standard InChI is InChI=1S/C26H34N4O2S/c1-33-23-11-7-20(8-12-23)19-25(31)28-30-17-15-29(16-18-30)14-13-24(21-5-3-2-4-6-21)27-26(32)22-9-10-22/h2-8,11-12,22,24H,9-10,13-19H2,1H3,(H,27,32)(H,28,31). The summed E-state index contributed by atoms with van der Waals surface area (Å²) in [7, 11) is 0. The highest BCUT2D eigenvalue weighted by molar-refractivity contribution is 7.98. The van der Waals surface area contributed by atoms with Gasteiger partial charge in [0, 0.05) is 43.5 Å². The summed E-state index contributed by atoms with van der Waals surface area (Å²) in [5.41, 5.74) is 5.26. The average Bonchev–Trinajstić information content (AvgIpc) is 3.69. The van der Waals surface area contributed by atoms with E-state index < -0.39 is 0 Å². The van der Waals surface area contributed by atoms with Crippen LogP contribution in [0.5, 0.6) is 0 Å². The van der Waals surface area contributed by atoms with E-state index >= 15 is 0 Å². The van der Waals surface area contributed by atoms with Gasteiger partial charge in [0.2, 0.25) is 11.8 Å². The molecule has 1 atom stereocenters. The molecule has 0 radical (unpaired) electrons. The van der Waals surface area contributed by atoms with Crippen LogP contribution in [-0.2, 0) is 16.0 Å². The van der Waals surface area contributed by atoms with Crippen molar-refractivity contribution in [1.82, 2.24) is 20.7 Å². The Morgan fingerprint density at radius 3 is 2.33 bits per heavy atom. The van der Waals surface area contributed by atoms with Crippen molar-refractivity contribution in [2.24, 2.45) is 5.92 Å². The topological polar surface area (TPSA) is 64.7 Å². The van der Waals surface area contributed by atoms with Crippen LogP contribution < -0.4 is 10.7 Å². The fourth-order valence-electron chi connectivity index (χ4n) is 4.18. The number of carbonyl (C=O) groups excluding carboxylic acids is 2. The van der Waals surface area contributed by atoms with Gasteiger partial charge < -0.3 is 10.2 Å². The first-order chi connectivity index (χ1) is 16.1. The third-order valence-corrected chi connectivity index (χ3v) is 7.12. The Bertz CT molecular complexity index is 910. The zero-order valence-electron chi connectivity index (χ0n) is 19.3. The molecule has 1 saturated carbocycles. The number of benzene rings is 2. The molecular formula is C26H34N4O2S. The van der Waals surface area contributed by atoms with Crippen LogP contribution in [0.2, 0.25) is 0 Å². The molecule has 0 spiro atoms. The first kappa shape index (κ1) is 23.8. The zero-order valence-corrected chi connectivity index (χ0v) is 20.2. The van der Waals surface area contributed by atoms with Crippen LogP contribution >= 0.6 is 11.8 Å². The van der Waals surface area contributed by atoms with E-state index in [9.17, 15) is 9.59 Å². The van der Waals surface area contributed by atoms with Crippen LogP contribution in [-0.4, -0.2) is 60.7 Å². The highest BCUT2D eigenvalue weighted by Crippen LogP contribution is 2.30. The lowest BCUT2D eigenvalue weighted by Gasteiger charge is -2.35. The molecule has 2 fully saturated rings. The van der Waals surface area contributed by atoms with Gasteiger partial charge in [-0.25, -0.2) is 5.01 Å². The number of nitrogens with one attached hydrogen (secondary N) is 2. The molecule has 0 aromatic heterocycles. The number of piperazine rings is 1. The summed E-state index contributed by atoms with van der Waals surface area (Å²) < 4.78 is 0. The molecule has 2 aromatic rings. The van der Waals surface area contributed by atoms with E-state index in [-0.39, 0.29) is 23.8 Å². The smallest absolute Gasteiger partial charge is 0.238 e. The molecule has 1 unspecified atom stereocenters. The highest BCUT2D eigenvalue weighted by atomic mass is 32.2. The van der Waals surface area contributed by atoms with Crippen molar-refractivity contribution in [2.75, 3.05) is 39.0 Å². The molecule has 1 saturated heterocycles.